The van der Waals surface area contributed by atoms with Gasteiger partial charge in [0.15, 0.2) is 10.6 Å². The molecule has 3 aromatic rings. The van der Waals surface area contributed by atoms with Gasteiger partial charge in [0.25, 0.3) is 5.56 Å². The predicted molar refractivity (Wildman–Crippen MR) is 118 cm³/mol. The second-order valence-corrected chi connectivity index (χ2v) is 8.92. The highest BCUT2D eigenvalue weighted by Crippen LogP contribution is 2.37. The highest BCUT2D eigenvalue weighted by Gasteiger charge is 2.33. The number of aromatic amines is 1. The van der Waals surface area contributed by atoms with Crippen LogP contribution in [-0.2, 0) is 11.3 Å². The van der Waals surface area contributed by atoms with Crippen LogP contribution in [0.2, 0.25) is 5.02 Å². The molecule has 2 aromatic heterocycles. The topological polar surface area (TPSA) is 78.1 Å². The number of hydrogen-bond donors (Lipinski definition) is 2. The maximum absolute atomic E-state index is 12.8. The van der Waals surface area contributed by atoms with Crippen molar-refractivity contribution < 1.29 is 4.79 Å². The first-order chi connectivity index (χ1) is 14.0. The number of carbonyl (C=O) groups excluding carboxylic acids is 1. The van der Waals surface area contributed by atoms with E-state index in [1.807, 2.05) is 49.1 Å². The Balaban J connectivity index is 1.59. The fourth-order valence-electron chi connectivity index (χ4n) is 3.66. The Kier molecular flexibility index (Phi) is 5.61. The molecule has 152 valence electrons. The summed E-state index contributed by atoms with van der Waals surface area (Å²) in [6.07, 6.45) is 1.67. The molecule has 2 N–H and O–H groups in total. The van der Waals surface area contributed by atoms with E-state index in [9.17, 15) is 9.59 Å². The molecule has 1 atom stereocenters. The number of nitrogens with one attached hydrogen (secondary N) is 2. The second kappa shape index (κ2) is 8.16. The first-order valence-electron chi connectivity index (χ1n) is 9.76. The molecular weight excluding hydrogens is 408 g/mol. The van der Waals surface area contributed by atoms with Gasteiger partial charge < -0.3 is 15.2 Å². The molecule has 1 fully saturated rings. The number of carbonyl (C=O) groups is 1. The first kappa shape index (κ1) is 19.9. The molecule has 0 spiro atoms. The third kappa shape index (κ3) is 3.89. The van der Waals surface area contributed by atoms with E-state index < -0.39 is 0 Å². The van der Waals surface area contributed by atoms with Crippen molar-refractivity contribution >= 4 is 44.2 Å². The average Bonchev–Trinajstić information content (AvgIpc) is 3.37. The number of benzene rings is 1. The van der Waals surface area contributed by atoms with Gasteiger partial charge in [-0.1, -0.05) is 67.1 Å². The normalized spacial score (nSPS) is 16.7. The number of aromatic nitrogens is 2. The average molecular weight is 431 g/mol. The maximum Gasteiger partial charge on any atom is 0.275 e. The fourth-order valence-corrected chi connectivity index (χ4v) is 5.22. The number of nitrogens with zero attached hydrogens (tertiary/aromatic N) is 2. The van der Waals surface area contributed by atoms with Crippen LogP contribution in [0.1, 0.15) is 43.9 Å². The first-order valence-corrected chi connectivity index (χ1v) is 11.0. The Labute approximate surface area is 177 Å². The minimum absolute atomic E-state index is 0.0199. The smallest absolute Gasteiger partial charge is 0.275 e. The van der Waals surface area contributed by atoms with E-state index in [0.717, 1.165) is 30.6 Å². The van der Waals surface area contributed by atoms with Crippen LogP contribution in [0.25, 0.3) is 10.2 Å². The zero-order valence-corrected chi connectivity index (χ0v) is 17.9. The lowest BCUT2D eigenvalue weighted by atomic mass is 10.1. The van der Waals surface area contributed by atoms with E-state index in [2.05, 4.69) is 15.3 Å². The van der Waals surface area contributed by atoms with Crippen LogP contribution in [0, 0.1) is 0 Å². The predicted octanol–water partition coefficient (Wildman–Crippen LogP) is 4.05. The van der Waals surface area contributed by atoms with Gasteiger partial charge in [-0.15, -0.1) is 0 Å². The third-order valence-electron chi connectivity index (χ3n) is 5.20. The van der Waals surface area contributed by atoms with Gasteiger partial charge in [0.2, 0.25) is 5.91 Å². The molecule has 0 aliphatic carbocycles. The zero-order valence-electron chi connectivity index (χ0n) is 16.4. The van der Waals surface area contributed by atoms with Crippen molar-refractivity contribution in [3.63, 3.8) is 0 Å². The summed E-state index contributed by atoms with van der Waals surface area (Å²) in [5, 5.41) is 4.24. The fraction of sp³-hybridized carbons (Fsp3) is 0.381. The number of thiazole rings is 1. The Bertz CT molecular complexity index is 1090. The van der Waals surface area contributed by atoms with Crippen LogP contribution in [0.15, 0.2) is 35.1 Å². The van der Waals surface area contributed by atoms with Crippen LogP contribution in [0.4, 0.5) is 5.13 Å². The summed E-state index contributed by atoms with van der Waals surface area (Å²) in [6, 6.07) is 9.55. The number of hydrogen-bond acceptors (Lipinski definition) is 5. The lowest BCUT2D eigenvalue weighted by molar-refractivity contribution is -0.122. The molecule has 29 heavy (non-hydrogen) atoms. The maximum atomic E-state index is 12.8. The molecule has 1 aliphatic rings. The third-order valence-corrected chi connectivity index (χ3v) is 6.82. The molecule has 1 saturated heterocycles. The summed E-state index contributed by atoms with van der Waals surface area (Å²) in [5.41, 5.74) is 1.89. The van der Waals surface area contributed by atoms with Crippen molar-refractivity contribution in [1.29, 1.82) is 0 Å². The van der Waals surface area contributed by atoms with Gasteiger partial charge in [0, 0.05) is 18.8 Å². The van der Waals surface area contributed by atoms with Crippen LogP contribution < -0.4 is 15.8 Å². The van der Waals surface area contributed by atoms with Crippen LogP contribution >= 0.6 is 22.9 Å². The molecule has 0 radical (unpaired) electrons. The molecule has 1 aliphatic heterocycles. The van der Waals surface area contributed by atoms with Crippen molar-refractivity contribution in [1.82, 2.24) is 15.3 Å². The van der Waals surface area contributed by atoms with Crippen molar-refractivity contribution in [2.24, 2.45) is 0 Å². The summed E-state index contributed by atoms with van der Waals surface area (Å²) < 4.78 is 0.685. The van der Waals surface area contributed by atoms with Crippen molar-refractivity contribution in [3.8, 4) is 0 Å². The monoisotopic (exact) mass is 430 g/mol. The number of halogens is 1. The van der Waals surface area contributed by atoms with Crippen molar-refractivity contribution in [3.05, 3.63) is 57.0 Å². The van der Waals surface area contributed by atoms with Gasteiger partial charge in [-0.25, -0.2) is 4.98 Å². The van der Waals surface area contributed by atoms with E-state index in [4.69, 9.17) is 11.6 Å². The molecule has 0 bridgehead atoms. The van der Waals surface area contributed by atoms with Crippen molar-refractivity contribution in [2.45, 2.75) is 45.2 Å². The lowest BCUT2D eigenvalue weighted by Crippen LogP contribution is -2.43. The largest absolute Gasteiger partial charge is 0.350 e. The number of H-pyrrole nitrogens is 1. The van der Waals surface area contributed by atoms with Gasteiger partial charge in [-0.3, -0.25) is 9.59 Å². The van der Waals surface area contributed by atoms with E-state index in [1.165, 1.54) is 11.3 Å². The molecule has 1 unspecified atom stereocenters. The van der Waals surface area contributed by atoms with Gasteiger partial charge in [-0.2, -0.15) is 0 Å². The van der Waals surface area contributed by atoms with Gasteiger partial charge in [-0.05, 0) is 24.3 Å². The van der Waals surface area contributed by atoms with Gasteiger partial charge >= 0.3 is 0 Å². The molecule has 1 amide bonds. The summed E-state index contributed by atoms with van der Waals surface area (Å²) in [6.45, 7) is 5.19. The Hall–Kier alpha value is -2.38. The van der Waals surface area contributed by atoms with Gasteiger partial charge in [0.1, 0.15) is 6.04 Å². The molecular formula is C21H23ClN4O2S. The Morgan fingerprint density at radius 2 is 2.14 bits per heavy atom. The summed E-state index contributed by atoms with van der Waals surface area (Å²) in [5.74, 6) is 0.0851. The number of anilines is 1. The molecule has 8 heteroatoms. The number of rotatable bonds is 5. The lowest BCUT2D eigenvalue weighted by Gasteiger charge is -2.23. The minimum atomic E-state index is -0.290. The quantitative estimate of drug-likeness (QED) is 0.640. The molecule has 4 rings (SSSR count). The van der Waals surface area contributed by atoms with E-state index in [-0.39, 0.29) is 23.4 Å². The SMILES string of the molecule is CC(C)c1[nH]c(=O)c2nc(N3CCCC3C(=O)NCc3ccccc3)sc2c1Cl. The zero-order chi connectivity index (χ0) is 20.5. The van der Waals surface area contributed by atoms with Gasteiger partial charge in [0.05, 0.1) is 9.72 Å². The standard InChI is InChI=1S/C21H23ClN4O2S/c1-12(2)16-15(22)18-17(20(28)24-16)25-21(29-18)26-10-6-9-14(26)19(27)23-11-13-7-4-3-5-8-13/h3-5,7-8,12,14H,6,9-11H2,1-2H3,(H,23,27)(H,24,28). The van der Waals surface area contributed by atoms with E-state index in [1.54, 1.807) is 0 Å². The second-order valence-electron chi connectivity index (χ2n) is 7.57. The summed E-state index contributed by atoms with van der Waals surface area (Å²) >= 11 is 7.93. The number of pyridine rings is 1. The Morgan fingerprint density at radius 3 is 2.86 bits per heavy atom. The molecule has 6 nitrogen and oxygen atoms in total. The van der Waals surface area contributed by atoms with E-state index >= 15 is 0 Å². The molecule has 0 saturated carbocycles. The van der Waals surface area contributed by atoms with E-state index in [0.29, 0.717) is 26.9 Å². The number of amides is 1. The van der Waals surface area contributed by atoms with Crippen LogP contribution in [0.5, 0.6) is 0 Å². The summed E-state index contributed by atoms with van der Waals surface area (Å²) in [7, 11) is 0. The molecule has 3 heterocycles. The highest BCUT2D eigenvalue weighted by molar-refractivity contribution is 7.22. The minimum Gasteiger partial charge on any atom is -0.350 e. The summed E-state index contributed by atoms with van der Waals surface area (Å²) in [4.78, 5) is 34.7. The highest BCUT2D eigenvalue weighted by atomic mass is 35.5. The van der Waals surface area contributed by atoms with Crippen molar-refractivity contribution in [2.75, 3.05) is 11.4 Å². The number of fused-ring (bicyclic) bond motifs is 1. The van der Waals surface area contributed by atoms with Crippen LogP contribution in [-0.4, -0.2) is 28.5 Å². The molecule has 1 aromatic carbocycles. The Morgan fingerprint density at radius 1 is 1.38 bits per heavy atom. The van der Waals surface area contributed by atoms with Crippen LogP contribution in [0.3, 0.4) is 0 Å².